The normalized spacial score (nSPS) is 21.6. The summed E-state index contributed by atoms with van der Waals surface area (Å²) in [7, 11) is 1.60. The van der Waals surface area contributed by atoms with Crippen LogP contribution in [0.15, 0.2) is 18.2 Å². The number of benzene rings is 1. The zero-order valence-electron chi connectivity index (χ0n) is 12.1. The number of carbonyl (C=O) groups excluding carboxylic acids is 2. The summed E-state index contributed by atoms with van der Waals surface area (Å²) in [6.07, 6.45) is 1.02. The van der Waals surface area contributed by atoms with Crippen molar-refractivity contribution in [2.24, 2.45) is 5.92 Å². The number of anilines is 1. The van der Waals surface area contributed by atoms with Crippen LogP contribution in [-0.4, -0.2) is 31.4 Å². The van der Waals surface area contributed by atoms with E-state index in [4.69, 9.17) is 0 Å². The molecule has 0 aromatic heterocycles. The van der Waals surface area contributed by atoms with Crippen molar-refractivity contribution < 1.29 is 9.59 Å². The predicted molar refractivity (Wildman–Crippen MR) is 78.8 cm³/mol. The highest BCUT2D eigenvalue weighted by molar-refractivity contribution is 5.98. The van der Waals surface area contributed by atoms with E-state index in [1.54, 1.807) is 25.2 Å². The lowest BCUT2D eigenvalue weighted by molar-refractivity contribution is -0.118. The molecule has 0 bridgehead atoms. The van der Waals surface area contributed by atoms with Gasteiger partial charge in [-0.1, -0.05) is 6.92 Å². The van der Waals surface area contributed by atoms with Gasteiger partial charge in [-0.2, -0.15) is 0 Å². The second-order valence-electron chi connectivity index (χ2n) is 5.30. The van der Waals surface area contributed by atoms with Gasteiger partial charge in [-0.25, -0.2) is 0 Å². The van der Waals surface area contributed by atoms with Crippen LogP contribution in [0, 0.1) is 12.8 Å². The van der Waals surface area contributed by atoms with Gasteiger partial charge >= 0.3 is 0 Å². The summed E-state index contributed by atoms with van der Waals surface area (Å²) in [5.41, 5.74) is 2.23. The number of hydrogen-bond acceptors (Lipinski definition) is 3. The van der Waals surface area contributed by atoms with Crippen molar-refractivity contribution in [1.29, 1.82) is 0 Å². The van der Waals surface area contributed by atoms with Gasteiger partial charge in [0.15, 0.2) is 0 Å². The molecular weight excluding hydrogens is 254 g/mol. The van der Waals surface area contributed by atoms with Gasteiger partial charge in [0.25, 0.3) is 5.91 Å². The molecular formula is C15H21N3O2. The zero-order valence-corrected chi connectivity index (χ0v) is 12.1. The quantitative estimate of drug-likeness (QED) is 0.778. The SMILES string of the molecule is CNC(=O)c1ccc(NC(=O)C2NCCC2C)c(C)c1. The van der Waals surface area contributed by atoms with E-state index < -0.39 is 0 Å². The van der Waals surface area contributed by atoms with Crippen molar-refractivity contribution in [3.63, 3.8) is 0 Å². The fraction of sp³-hybridized carbons (Fsp3) is 0.467. The number of carbonyl (C=O) groups is 2. The second kappa shape index (κ2) is 6.05. The Labute approximate surface area is 119 Å². The Hall–Kier alpha value is -1.88. The summed E-state index contributed by atoms with van der Waals surface area (Å²) >= 11 is 0. The van der Waals surface area contributed by atoms with Crippen molar-refractivity contribution in [2.75, 3.05) is 18.9 Å². The summed E-state index contributed by atoms with van der Waals surface area (Å²) in [6, 6.07) is 5.14. The first-order valence-electron chi connectivity index (χ1n) is 6.90. The first-order chi connectivity index (χ1) is 9.52. The summed E-state index contributed by atoms with van der Waals surface area (Å²) in [6.45, 7) is 4.84. The molecule has 0 aliphatic carbocycles. The van der Waals surface area contributed by atoms with E-state index in [0.717, 1.165) is 24.2 Å². The monoisotopic (exact) mass is 275 g/mol. The van der Waals surface area contributed by atoms with Crippen molar-refractivity contribution in [2.45, 2.75) is 26.3 Å². The molecule has 0 saturated carbocycles. The third kappa shape index (κ3) is 2.99. The fourth-order valence-corrected chi connectivity index (χ4v) is 2.49. The number of rotatable bonds is 3. The summed E-state index contributed by atoms with van der Waals surface area (Å²) < 4.78 is 0. The lowest BCUT2D eigenvalue weighted by Crippen LogP contribution is -2.39. The average molecular weight is 275 g/mol. The Morgan fingerprint density at radius 3 is 2.65 bits per heavy atom. The lowest BCUT2D eigenvalue weighted by atomic mass is 10.0. The van der Waals surface area contributed by atoms with Crippen LogP contribution in [0.3, 0.4) is 0 Å². The first-order valence-corrected chi connectivity index (χ1v) is 6.90. The van der Waals surface area contributed by atoms with E-state index in [1.807, 2.05) is 6.92 Å². The zero-order chi connectivity index (χ0) is 14.7. The van der Waals surface area contributed by atoms with Gasteiger partial charge in [0, 0.05) is 18.3 Å². The van der Waals surface area contributed by atoms with E-state index in [0.29, 0.717) is 11.5 Å². The van der Waals surface area contributed by atoms with Gasteiger partial charge in [-0.15, -0.1) is 0 Å². The first kappa shape index (κ1) is 14.5. The molecule has 1 fully saturated rings. The molecule has 2 rings (SSSR count). The lowest BCUT2D eigenvalue weighted by Gasteiger charge is -2.17. The molecule has 1 heterocycles. The molecule has 3 N–H and O–H groups in total. The summed E-state index contributed by atoms with van der Waals surface area (Å²) in [5.74, 6) is 0.211. The molecule has 0 radical (unpaired) electrons. The second-order valence-corrected chi connectivity index (χ2v) is 5.30. The molecule has 1 aliphatic heterocycles. The Balaban J connectivity index is 2.10. The molecule has 2 unspecified atom stereocenters. The van der Waals surface area contributed by atoms with Crippen molar-refractivity contribution >= 4 is 17.5 Å². The Morgan fingerprint density at radius 1 is 1.35 bits per heavy atom. The third-order valence-electron chi connectivity index (χ3n) is 3.79. The van der Waals surface area contributed by atoms with Crippen molar-refractivity contribution in [3.8, 4) is 0 Å². The predicted octanol–water partition coefficient (Wildman–Crippen LogP) is 1.29. The van der Waals surface area contributed by atoms with Crippen LogP contribution in [0.25, 0.3) is 0 Å². The van der Waals surface area contributed by atoms with Crippen LogP contribution in [-0.2, 0) is 4.79 Å². The van der Waals surface area contributed by atoms with E-state index in [1.165, 1.54) is 0 Å². The van der Waals surface area contributed by atoms with Crippen LogP contribution < -0.4 is 16.0 Å². The van der Waals surface area contributed by atoms with Gasteiger partial charge in [-0.05, 0) is 49.6 Å². The van der Waals surface area contributed by atoms with E-state index in [-0.39, 0.29) is 17.9 Å². The van der Waals surface area contributed by atoms with Crippen LogP contribution in [0.4, 0.5) is 5.69 Å². The number of aryl methyl sites for hydroxylation is 1. The number of nitrogens with one attached hydrogen (secondary N) is 3. The van der Waals surface area contributed by atoms with Crippen LogP contribution in [0.2, 0.25) is 0 Å². The highest BCUT2D eigenvalue weighted by atomic mass is 16.2. The Bertz CT molecular complexity index is 528. The minimum absolute atomic E-state index is 0.00852. The van der Waals surface area contributed by atoms with Gasteiger partial charge in [0.1, 0.15) is 0 Å². The molecule has 2 amide bonds. The van der Waals surface area contributed by atoms with Gasteiger partial charge in [0.05, 0.1) is 6.04 Å². The highest BCUT2D eigenvalue weighted by Crippen LogP contribution is 2.20. The van der Waals surface area contributed by atoms with E-state index >= 15 is 0 Å². The Morgan fingerprint density at radius 2 is 2.10 bits per heavy atom. The molecule has 1 saturated heterocycles. The molecule has 20 heavy (non-hydrogen) atoms. The van der Waals surface area contributed by atoms with Gasteiger partial charge < -0.3 is 16.0 Å². The molecule has 5 heteroatoms. The molecule has 1 aromatic carbocycles. The molecule has 108 valence electrons. The van der Waals surface area contributed by atoms with Crippen molar-refractivity contribution in [3.05, 3.63) is 29.3 Å². The highest BCUT2D eigenvalue weighted by Gasteiger charge is 2.29. The molecule has 0 spiro atoms. The van der Waals surface area contributed by atoms with Crippen molar-refractivity contribution in [1.82, 2.24) is 10.6 Å². The molecule has 1 aliphatic rings. The number of amides is 2. The molecule has 2 atom stereocenters. The maximum Gasteiger partial charge on any atom is 0.251 e. The van der Waals surface area contributed by atoms with E-state index in [9.17, 15) is 9.59 Å². The fourth-order valence-electron chi connectivity index (χ4n) is 2.49. The smallest absolute Gasteiger partial charge is 0.251 e. The minimum Gasteiger partial charge on any atom is -0.355 e. The topological polar surface area (TPSA) is 70.2 Å². The van der Waals surface area contributed by atoms with Crippen LogP contribution in [0.5, 0.6) is 0 Å². The van der Waals surface area contributed by atoms with Gasteiger partial charge in [0.2, 0.25) is 5.91 Å². The maximum absolute atomic E-state index is 12.2. The standard InChI is InChI=1S/C15H21N3O2/c1-9-6-7-17-13(9)15(20)18-12-5-4-11(8-10(12)2)14(19)16-3/h4-5,8-9,13,17H,6-7H2,1-3H3,(H,16,19)(H,18,20). The summed E-state index contributed by atoms with van der Waals surface area (Å²) in [5, 5.41) is 8.72. The minimum atomic E-state index is -0.131. The third-order valence-corrected chi connectivity index (χ3v) is 3.79. The largest absolute Gasteiger partial charge is 0.355 e. The van der Waals surface area contributed by atoms with Crippen LogP contribution >= 0.6 is 0 Å². The molecule has 5 nitrogen and oxygen atoms in total. The molecule has 1 aromatic rings. The average Bonchev–Trinajstić information content (AvgIpc) is 2.86. The number of hydrogen-bond donors (Lipinski definition) is 3. The van der Waals surface area contributed by atoms with Crippen LogP contribution in [0.1, 0.15) is 29.3 Å². The Kier molecular flexibility index (Phi) is 4.39. The van der Waals surface area contributed by atoms with Gasteiger partial charge in [-0.3, -0.25) is 9.59 Å². The maximum atomic E-state index is 12.2. The summed E-state index contributed by atoms with van der Waals surface area (Å²) in [4.78, 5) is 23.7. The van der Waals surface area contributed by atoms with E-state index in [2.05, 4.69) is 22.9 Å².